The third-order valence-corrected chi connectivity index (χ3v) is 4.65. The first-order chi connectivity index (χ1) is 8.63. The Balaban J connectivity index is 0.00000133. The van der Waals surface area contributed by atoms with Crippen LogP contribution in [0.1, 0.15) is 36.2 Å². The number of fused-ring (bicyclic) bond motifs is 2. The Labute approximate surface area is 122 Å². The monoisotopic (exact) mass is 284 g/mol. The van der Waals surface area contributed by atoms with Crippen LogP contribution in [0.5, 0.6) is 0 Å². The Hall–Kier alpha value is -0.580. The fourth-order valence-corrected chi connectivity index (χ4v) is 3.43. The van der Waals surface area contributed by atoms with Gasteiger partial charge in [-0.1, -0.05) is 0 Å². The molecule has 0 aliphatic carbocycles. The average Bonchev–Trinajstić information content (AvgIpc) is 2.77. The molecule has 5 heteroatoms. The van der Waals surface area contributed by atoms with Crippen molar-refractivity contribution in [3.8, 4) is 0 Å². The number of aryl methyl sites for hydroxylation is 2. The van der Waals surface area contributed by atoms with Crippen LogP contribution in [0.3, 0.4) is 0 Å². The van der Waals surface area contributed by atoms with Crippen LogP contribution in [0.15, 0.2) is 0 Å². The standard InChI is InChI=1S/C14H24N4.ClH/c1-10-14(11(2)17(3)16-10)9-18-7-6-12-4-5-13(8-18)15-12;/h12-13,15H,4-9H2,1-3H3;1H. The van der Waals surface area contributed by atoms with Crippen LogP contribution >= 0.6 is 12.4 Å². The van der Waals surface area contributed by atoms with Gasteiger partial charge in [0.15, 0.2) is 0 Å². The number of halogens is 1. The van der Waals surface area contributed by atoms with E-state index < -0.39 is 0 Å². The molecule has 19 heavy (non-hydrogen) atoms. The molecule has 0 aromatic carbocycles. The smallest absolute Gasteiger partial charge is 0.0641 e. The van der Waals surface area contributed by atoms with Crippen molar-refractivity contribution in [2.45, 2.75) is 51.7 Å². The van der Waals surface area contributed by atoms with E-state index in [2.05, 4.69) is 29.2 Å². The molecule has 0 amide bonds. The summed E-state index contributed by atoms with van der Waals surface area (Å²) in [6.07, 6.45) is 4.03. The predicted molar refractivity (Wildman–Crippen MR) is 79.8 cm³/mol. The number of hydrogen-bond donors (Lipinski definition) is 1. The van der Waals surface area contributed by atoms with Crippen LogP contribution in [0, 0.1) is 13.8 Å². The second-order valence-electron chi connectivity index (χ2n) is 5.93. The molecule has 1 aromatic rings. The predicted octanol–water partition coefficient (Wildman–Crippen LogP) is 1.79. The number of rotatable bonds is 2. The fourth-order valence-electron chi connectivity index (χ4n) is 3.43. The minimum absolute atomic E-state index is 0. The van der Waals surface area contributed by atoms with Gasteiger partial charge in [-0.3, -0.25) is 9.58 Å². The SMILES string of the molecule is Cc1nn(C)c(C)c1CN1CCC2CCC(C1)N2.Cl. The highest BCUT2D eigenvalue weighted by Crippen LogP contribution is 2.23. The van der Waals surface area contributed by atoms with Gasteiger partial charge in [0.25, 0.3) is 0 Å². The molecule has 1 N–H and O–H groups in total. The first kappa shape index (κ1) is 14.8. The summed E-state index contributed by atoms with van der Waals surface area (Å²) in [5.74, 6) is 0. The Morgan fingerprint density at radius 1 is 1.21 bits per heavy atom. The molecule has 4 nitrogen and oxygen atoms in total. The molecular weight excluding hydrogens is 260 g/mol. The van der Waals surface area contributed by atoms with Crippen LogP contribution < -0.4 is 5.32 Å². The molecule has 1 aromatic heterocycles. The van der Waals surface area contributed by atoms with Crippen molar-refractivity contribution in [1.82, 2.24) is 20.0 Å². The number of nitrogens with zero attached hydrogens (tertiary/aromatic N) is 3. The molecule has 0 spiro atoms. The van der Waals surface area contributed by atoms with Crippen molar-refractivity contribution in [3.05, 3.63) is 17.0 Å². The highest BCUT2D eigenvalue weighted by Gasteiger charge is 2.29. The summed E-state index contributed by atoms with van der Waals surface area (Å²) in [6, 6.07) is 1.49. The van der Waals surface area contributed by atoms with Crippen LogP contribution in [0.4, 0.5) is 0 Å². The van der Waals surface area contributed by atoms with Gasteiger partial charge in [0, 0.05) is 50.0 Å². The fraction of sp³-hybridized carbons (Fsp3) is 0.786. The van der Waals surface area contributed by atoms with Crippen LogP contribution in [0.2, 0.25) is 0 Å². The van der Waals surface area contributed by atoms with Gasteiger partial charge in [-0.05, 0) is 33.1 Å². The zero-order valence-electron chi connectivity index (χ0n) is 12.1. The molecule has 2 bridgehead atoms. The quantitative estimate of drug-likeness (QED) is 0.899. The van der Waals surface area contributed by atoms with Crippen molar-refractivity contribution >= 4 is 12.4 Å². The van der Waals surface area contributed by atoms with Gasteiger partial charge < -0.3 is 5.32 Å². The Kier molecular flexibility index (Phi) is 4.54. The summed E-state index contributed by atoms with van der Waals surface area (Å²) in [5.41, 5.74) is 3.93. The zero-order chi connectivity index (χ0) is 12.7. The van der Waals surface area contributed by atoms with E-state index in [-0.39, 0.29) is 12.4 Å². The van der Waals surface area contributed by atoms with Crippen LogP contribution in [-0.4, -0.2) is 39.9 Å². The van der Waals surface area contributed by atoms with Crippen LogP contribution in [-0.2, 0) is 13.6 Å². The molecule has 3 rings (SSSR count). The maximum atomic E-state index is 4.52. The van der Waals surface area contributed by atoms with Gasteiger partial charge in [0.2, 0.25) is 0 Å². The molecule has 2 unspecified atom stereocenters. The molecule has 108 valence electrons. The maximum absolute atomic E-state index is 4.52. The largest absolute Gasteiger partial charge is 0.310 e. The minimum Gasteiger partial charge on any atom is -0.310 e. The number of hydrogen-bond acceptors (Lipinski definition) is 3. The normalized spacial score (nSPS) is 27.1. The highest BCUT2D eigenvalue weighted by molar-refractivity contribution is 5.85. The lowest BCUT2D eigenvalue weighted by Crippen LogP contribution is -2.35. The van der Waals surface area contributed by atoms with Crippen LogP contribution in [0.25, 0.3) is 0 Å². The third-order valence-electron chi connectivity index (χ3n) is 4.65. The van der Waals surface area contributed by atoms with E-state index in [1.165, 1.54) is 49.3 Å². The van der Waals surface area contributed by atoms with E-state index in [9.17, 15) is 0 Å². The van der Waals surface area contributed by atoms with Crippen molar-refractivity contribution < 1.29 is 0 Å². The second-order valence-corrected chi connectivity index (χ2v) is 5.93. The molecule has 3 heterocycles. The molecule has 0 saturated carbocycles. The second kappa shape index (κ2) is 5.81. The topological polar surface area (TPSA) is 33.1 Å². The zero-order valence-corrected chi connectivity index (χ0v) is 13.0. The van der Waals surface area contributed by atoms with Gasteiger partial charge >= 0.3 is 0 Å². The molecule has 2 aliphatic heterocycles. The summed E-state index contributed by atoms with van der Waals surface area (Å²) in [7, 11) is 2.04. The lowest BCUT2D eigenvalue weighted by Gasteiger charge is -2.24. The maximum Gasteiger partial charge on any atom is 0.0641 e. The van der Waals surface area contributed by atoms with E-state index in [1.807, 2.05) is 11.7 Å². The van der Waals surface area contributed by atoms with Gasteiger partial charge in [-0.25, -0.2) is 0 Å². The van der Waals surface area contributed by atoms with E-state index in [1.54, 1.807) is 0 Å². The molecule has 2 aliphatic rings. The van der Waals surface area contributed by atoms with Crippen molar-refractivity contribution in [3.63, 3.8) is 0 Å². The lowest BCUT2D eigenvalue weighted by molar-refractivity contribution is 0.250. The Morgan fingerprint density at radius 3 is 2.63 bits per heavy atom. The first-order valence-electron chi connectivity index (χ1n) is 7.11. The van der Waals surface area contributed by atoms with Gasteiger partial charge in [-0.2, -0.15) is 5.10 Å². The Morgan fingerprint density at radius 2 is 1.95 bits per heavy atom. The molecular formula is C14H25ClN4. The summed E-state index contributed by atoms with van der Waals surface area (Å²) in [6.45, 7) is 7.80. The van der Waals surface area contributed by atoms with Gasteiger partial charge in [0.1, 0.15) is 0 Å². The summed E-state index contributed by atoms with van der Waals surface area (Å²) >= 11 is 0. The van der Waals surface area contributed by atoms with E-state index >= 15 is 0 Å². The summed E-state index contributed by atoms with van der Waals surface area (Å²) in [5, 5.41) is 8.26. The van der Waals surface area contributed by atoms with Gasteiger partial charge in [0.05, 0.1) is 5.69 Å². The van der Waals surface area contributed by atoms with Crippen molar-refractivity contribution in [1.29, 1.82) is 0 Å². The van der Waals surface area contributed by atoms with Gasteiger partial charge in [-0.15, -0.1) is 12.4 Å². The summed E-state index contributed by atoms with van der Waals surface area (Å²) < 4.78 is 2.01. The van der Waals surface area contributed by atoms with E-state index in [4.69, 9.17) is 0 Å². The van der Waals surface area contributed by atoms with Crippen molar-refractivity contribution in [2.24, 2.45) is 7.05 Å². The Bertz CT molecular complexity index is 443. The number of nitrogens with one attached hydrogen (secondary N) is 1. The van der Waals surface area contributed by atoms with E-state index in [0.717, 1.165) is 18.6 Å². The van der Waals surface area contributed by atoms with E-state index in [0.29, 0.717) is 0 Å². The average molecular weight is 285 g/mol. The molecule has 2 saturated heterocycles. The highest BCUT2D eigenvalue weighted by atomic mass is 35.5. The van der Waals surface area contributed by atoms with Crippen molar-refractivity contribution in [2.75, 3.05) is 13.1 Å². The third kappa shape index (κ3) is 2.96. The molecule has 0 radical (unpaired) electrons. The first-order valence-corrected chi connectivity index (χ1v) is 7.11. The lowest BCUT2D eigenvalue weighted by atomic mass is 10.1. The molecule has 2 fully saturated rings. The number of aromatic nitrogens is 2. The molecule has 2 atom stereocenters. The minimum atomic E-state index is 0. The summed E-state index contributed by atoms with van der Waals surface area (Å²) in [4.78, 5) is 2.60. The number of likely N-dealkylation sites (tertiary alicyclic amines) is 1.